The smallest absolute Gasteiger partial charge is 0.00577 e. The average molecular weight is 89.3 g/mol. The summed E-state index contributed by atoms with van der Waals surface area (Å²) in [5.74, 6) is 0. The van der Waals surface area contributed by atoms with Crippen LogP contribution in [0.3, 0.4) is 0 Å². The minimum atomic E-state index is 1.33. The first-order valence-corrected chi connectivity index (χ1v) is 3.50. The molecule has 0 aromatic rings. The molecule has 0 heterocycles. The van der Waals surface area contributed by atoms with Gasteiger partial charge in [-0.15, -0.1) is 0 Å². The average Bonchev–Trinajstić information content (AvgIpc) is 0.811. The van der Waals surface area contributed by atoms with Crippen molar-refractivity contribution >= 4 is 20.5 Å². The number of rotatable bonds is 0. The summed E-state index contributed by atoms with van der Waals surface area (Å²) in [7, 11) is 2.65. The van der Waals surface area contributed by atoms with Crippen molar-refractivity contribution in [3.05, 3.63) is 5.16 Å². The Bertz CT molecular complexity index is 8.75. The van der Waals surface area contributed by atoms with Crippen molar-refractivity contribution in [2.45, 2.75) is 6.92 Å². The van der Waals surface area contributed by atoms with Crippen LogP contribution in [0.25, 0.3) is 0 Å². The van der Waals surface area contributed by atoms with E-state index in [9.17, 15) is 0 Å². The number of hydrogen-bond acceptors (Lipinski definition) is 0. The summed E-state index contributed by atoms with van der Waals surface area (Å²) < 4.78 is 0. The van der Waals surface area contributed by atoms with Crippen LogP contribution in [-0.2, 0) is 0 Å². The third-order valence-corrected chi connectivity index (χ3v) is 0. The predicted octanol–water partition coefficient (Wildman–Crippen LogP) is -1.77. The lowest BCUT2D eigenvalue weighted by atomic mass is 11.0. The third kappa shape index (κ3) is 26.6. The Morgan fingerprint density at radius 3 is 1.50 bits per heavy atom. The molecule has 0 atom stereocenters. The van der Waals surface area contributed by atoms with Crippen LogP contribution in [0.1, 0.15) is 6.92 Å². The van der Waals surface area contributed by atoms with Gasteiger partial charge < -0.3 is 0 Å². The Morgan fingerprint density at radius 2 is 1.50 bits per heavy atom. The van der Waals surface area contributed by atoms with Crippen molar-refractivity contribution in [2.75, 3.05) is 0 Å². The van der Waals surface area contributed by atoms with Crippen molar-refractivity contribution in [1.29, 1.82) is 0 Å². The summed E-state index contributed by atoms with van der Waals surface area (Å²) in [5.41, 5.74) is 0. The molecule has 0 aliphatic carbocycles. The van der Waals surface area contributed by atoms with E-state index in [0.717, 1.165) is 0 Å². The fourth-order valence-electron chi connectivity index (χ4n) is 0. The highest BCUT2D eigenvalue weighted by atomic mass is 28.2. The Balaban J connectivity index is 2.32. The second-order valence-electron chi connectivity index (χ2n) is 1.50. The van der Waals surface area contributed by atoms with Crippen LogP contribution in [0.5, 0.6) is 0 Å². The van der Waals surface area contributed by atoms with Crippen LogP contribution in [0.2, 0.25) is 0 Å². The summed E-state index contributed by atoms with van der Waals surface area (Å²) >= 11 is 0. The standard InChI is InChI=1S/C2H9Si2/c1-2(3)4/h1,3-4H3. The Kier molecular flexibility index (Phi) is 1.91. The fourth-order valence-corrected chi connectivity index (χ4v) is 0. The Labute approximate surface area is 33.4 Å². The normalized spacial score (nSPS) is 10.5. The molecule has 2 heteroatoms. The van der Waals surface area contributed by atoms with Crippen LogP contribution in [0.15, 0.2) is 0 Å². The minimum Gasteiger partial charge on any atom is -0.0662 e. The van der Waals surface area contributed by atoms with Crippen molar-refractivity contribution in [2.24, 2.45) is 0 Å². The summed E-state index contributed by atoms with van der Waals surface area (Å²) in [6.07, 6.45) is 0. The maximum atomic E-state index is 2.21. The molecular formula is C2H9Si2. The highest BCUT2D eigenvalue weighted by Gasteiger charge is 1.69. The zero-order valence-electron chi connectivity index (χ0n) is 3.50. The lowest BCUT2D eigenvalue weighted by Crippen LogP contribution is -1.82. The largest absolute Gasteiger partial charge is 0.0662 e. The van der Waals surface area contributed by atoms with Crippen molar-refractivity contribution in [3.63, 3.8) is 0 Å². The SMILES string of the molecule is C[C]([SiH3])[SiH3]. The van der Waals surface area contributed by atoms with Gasteiger partial charge in [0.05, 0.1) is 0 Å². The second kappa shape index (κ2) is 1.72. The third-order valence-electron chi connectivity index (χ3n) is 0. The Hall–Kier alpha value is 0.434. The van der Waals surface area contributed by atoms with Gasteiger partial charge in [0.25, 0.3) is 0 Å². The van der Waals surface area contributed by atoms with E-state index in [2.05, 4.69) is 6.92 Å². The lowest BCUT2D eigenvalue weighted by Gasteiger charge is -1.77. The van der Waals surface area contributed by atoms with Gasteiger partial charge in [-0.2, -0.15) is 0 Å². The monoisotopic (exact) mass is 89.0 g/mol. The maximum Gasteiger partial charge on any atom is 0.00577 e. The highest BCUT2D eigenvalue weighted by molar-refractivity contribution is 6.44. The van der Waals surface area contributed by atoms with Crippen LogP contribution in [-0.4, -0.2) is 20.5 Å². The molecule has 0 aliphatic heterocycles. The molecular weight excluding hydrogens is 80.2 g/mol. The minimum absolute atomic E-state index is 1.33. The van der Waals surface area contributed by atoms with Gasteiger partial charge >= 0.3 is 0 Å². The fraction of sp³-hybridized carbons (Fsp3) is 0.500. The molecule has 0 N–H and O–H groups in total. The topological polar surface area (TPSA) is 0 Å². The van der Waals surface area contributed by atoms with E-state index in [0.29, 0.717) is 0 Å². The molecule has 0 aromatic heterocycles. The molecule has 0 unspecified atom stereocenters. The molecule has 0 bridgehead atoms. The number of hydrogen-bond donors (Lipinski definition) is 0. The van der Waals surface area contributed by atoms with Gasteiger partial charge in [0.1, 0.15) is 0 Å². The molecule has 1 radical (unpaired) electrons. The van der Waals surface area contributed by atoms with Gasteiger partial charge in [0.2, 0.25) is 0 Å². The Morgan fingerprint density at radius 1 is 1.50 bits per heavy atom. The van der Waals surface area contributed by atoms with E-state index in [4.69, 9.17) is 0 Å². The van der Waals surface area contributed by atoms with Gasteiger partial charge in [-0.05, 0) is 0 Å². The summed E-state index contributed by atoms with van der Waals surface area (Å²) in [6.45, 7) is 2.21. The molecule has 25 valence electrons. The predicted molar refractivity (Wildman–Crippen MR) is 28.8 cm³/mol. The molecule has 0 amide bonds. The molecule has 0 rings (SSSR count). The van der Waals surface area contributed by atoms with Gasteiger partial charge in [-0.3, -0.25) is 0 Å². The van der Waals surface area contributed by atoms with Crippen molar-refractivity contribution in [1.82, 2.24) is 0 Å². The molecule has 0 fully saturated rings. The van der Waals surface area contributed by atoms with Gasteiger partial charge in [0, 0.05) is 20.5 Å². The van der Waals surface area contributed by atoms with E-state index in [1.54, 1.807) is 5.16 Å². The van der Waals surface area contributed by atoms with Crippen molar-refractivity contribution < 1.29 is 0 Å². The van der Waals surface area contributed by atoms with E-state index >= 15 is 0 Å². The van der Waals surface area contributed by atoms with Crippen LogP contribution >= 0.6 is 0 Å². The van der Waals surface area contributed by atoms with E-state index < -0.39 is 0 Å². The summed E-state index contributed by atoms with van der Waals surface area (Å²) in [4.78, 5) is 0. The zero-order valence-corrected chi connectivity index (χ0v) is 7.50. The first-order chi connectivity index (χ1) is 1.73. The summed E-state index contributed by atoms with van der Waals surface area (Å²) in [6, 6.07) is 0. The molecule has 0 nitrogen and oxygen atoms in total. The van der Waals surface area contributed by atoms with Crippen molar-refractivity contribution in [3.8, 4) is 0 Å². The lowest BCUT2D eigenvalue weighted by molar-refractivity contribution is 1.62. The van der Waals surface area contributed by atoms with E-state index in [1.807, 2.05) is 0 Å². The highest BCUT2D eigenvalue weighted by Crippen LogP contribution is 1.69. The van der Waals surface area contributed by atoms with Gasteiger partial charge in [0.15, 0.2) is 0 Å². The van der Waals surface area contributed by atoms with E-state index in [1.165, 1.54) is 20.5 Å². The quantitative estimate of drug-likeness (QED) is 0.308. The van der Waals surface area contributed by atoms with Gasteiger partial charge in [-0.25, -0.2) is 0 Å². The van der Waals surface area contributed by atoms with Gasteiger partial charge in [-0.1, -0.05) is 12.1 Å². The molecule has 4 heavy (non-hydrogen) atoms. The molecule has 0 aliphatic rings. The first kappa shape index (κ1) is 4.43. The van der Waals surface area contributed by atoms with Crippen LogP contribution in [0.4, 0.5) is 0 Å². The van der Waals surface area contributed by atoms with Crippen LogP contribution < -0.4 is 0 Å². The first-order valence-electron chi connectivity index (χ1n) is 1.50. The summed E-state index contributed by atoms with van der Waals surface area (Å²) in [5, 5.41) is 1.69. The second-order valence-corrected chi connectivity index (χ2v) is 7.50. The molecule has 0 aromatic carbocycles. The van der Waals surface area contributed by atoms with Crippen LogP contribution in [0, 0.1) is 5.16 Å². The van der Waals surface area contributed by atoms with E-state index in [-0.39, 0.29) is 0 Å². The molecule has 0 saturated carbocycles. The molecule has 0 saturated heterocycles. The maximum absolute atomic E-state index is 2.21. The zero-order chi connectivity index (χ0) is 3.58. The molecule has 0 spiro atoms.